The molecule has 35 heavy (non-hydrogen) atoms. The van der Waals surface area contributed by atoms with Crippen molar-refractivity contribution >= 4 is 38.8 Å². The molecule has 0 saturated carbocycles. The van der Waals surface area contributed by atoms with Gasteiger partial charge in [0.25, 0.3) is 5.91 Å². The highest BCUT2D eigenvalue weighted by atomic mass is 32.2. The lowest BCUT2D eigenvalue weighted by Gasteiger charge is -2.33. The summed E-state index contributed by atoms with van der Waals surface area (Å²) in [6, 6.07) is 1.45. The number of aromatic nitrogens is 2. The highest BCUT2D eigenvalue weighted by molar-refractivity contribution is 7.89. The van der Waals surface area contributed by atoms with Crippen LogP contribution in [-0.2, 0) is 24.4 Å². The molecule has 0 radical (unpaired) electrons. The van der Waals surface area contributed by atoms with E-state index in [0.717, 1.165) is 0 Å². The number of nitrogens with one attached hydrogen (secondary N) is 4. The van der Waals surface area contributed by atoms with Crippen LogP contribution in [0.2, 0.25) is 0 Å². The molecule has 1 aromatic carbocycles. The van der Waals surface area contributed by atoms with Crippen LogP contribution >= 0.6 is 0 Å². The molecule has 0 aliphatic rings. The molecule has 2 rings (SSSR count). The number of hydrogen-bond donors (Lipinski definition) is 5. The van der Waals surface area contributed by atoms with Crippen LogP contribution < -0.4 is 20.8 Å². The smallest absolute Gasteiger partial charge is 0.262 e. The number of sulfonamides is 1. The summed E-state index contributed by atoms with van der Waals surface area (Å²) in [4.78, 5) is 38.1. The Morgan fingerprint density at radius 3 is 2.29 bits per heavy atom. The molecule has 1 heterocycles. The molecule has 5 N–H and O–H groups in total. The summed E-state index contributed by atoms with van der Waals surface area (Å²) in [6.07, 6.45) is 0.0623. The lowest BCUT2D eigenvalue weighted by atomic mass is 9.84. The molecule has 3 atom stereocenters. The third-order valence-corrected chi connectivity index (χ3v) is 6.81. The minimum atomic E-state index is -4.45. The third kappa shape index (κ3) is 6.74. The Morgan fingerprint density at radius 2 is 1.74 bits per heavy atom. The van der Waals surface area contributed by atoms with Gasteiger partial charge in [-0.3, -0.25) is 19.6 Å². The third-order valence-electron chi connectivity index (χ3n) is 5.34. The molecular formula is C21H32N6O7S. The zero-order valence-corrected chi connectivity index (χ0v) is 21.3. The molecule has 0 unspecified atom stereocenters. The van der Waals surface area contributed by atoms with Gasteiger partial charge in [0, 0.05) is 7.05 Å². The summed E-state index contributed by atoms with van der Waals surface area (Å²) < 4.78 is 33.3. The van der Waals surface area contributed by atoms with Crippen molar-refractivity contribution < 1.29 is 32.6 Å². The minimum absolute atomic E-state index is 0.0623. The predicted octanol–water partition coefficient (Wildman–Crippen LogP) is 0.314. The number of hydrogen-bond acceptors (Lipinski definition) is 9. The maximum absolute atomic E-state index is 13.4. The standard InChI is InChI=1S/C21H32N6O7S/c1-11(2)10-12(18(28)23-17(20(30)22-6)21(3,4)5)15(19(29)24-31)27-35(32,33)14-9-7-8-13-16(14)26-34-25-13/h7-9,11-12,15,17,27,31H,10H2,1-6H3,(H,22,30)(H,23,28)(H,24,29)/t12-,15+,17-/m1/s1. The molecule has 0 fully saturated rings. The van der Waals surface area contributed by atoms with Gasteiger partial charge in [0.05, 0.1) is 5.92 Å². The van der Waals surface area contributed by atoms with Crippen molar-refractivity contribution in [3.63, 3.8) is 0 Å². The average Bonchev–Trinajstić information content (AvgIpc) is 3.26. The van der Waals surface area contributed by atoms with E-state index < -0.39 is 51.2 Å². The van der Waals surface area contributed by atoms with Gasteiger partial charge in [-0.25, -0.2) is 18.5 Å². The van der Waals surface area contributed by atoms with Crippen LogP contribution in [0.25, 0.3) is 11.0 Å². The first-order chi connectivity index (χ1) is 16.2. The Labute approximate surface area is 203 Å². The lowest BCUT2D eigenvalue weighted by Crippen LogP contribution is -2.59. The van der Waals surface area contributed by atoms with Gasteiger partial charge in [0.2, 0.25) is 21.8 Å². The Bertz CT molecular complexity index is 1170. The maximum Gasteiger partial charge on any atom is 0.262 e. The average molecular weight is 513 g/mol. The van der Waals surface area contributed by atoms with E-state index >= 15 is 0 Å². The predicted molar refractivity (Wildman–Crippen MR) is 124 cm³/mol. The van der Waals surface area contributed by atoms with E-state index in [-0.39, 0.29) is 28.3 Å². The molecule has 13 nitrogen and oxygen atoms in total. The molecule has 0 saturated heterocycles. The van der Waals surface area contributed by atoms with Gasteiger partial charge < -0.3 is 10.6 Å². The molecule has 1 aromatic heterocycles. The Morgan fingerprint density at radius 1 is 1.09 bits per heavy atom. The Balaban J connectivity index is 2.49. The molecular weight excluding hydrogens is 480 g/mol. The summed E-state index contributed by atoms with van der Waals surface area (Å²) in [7, 11) is -3.02. The molecule has 0 spiro atoms. The van der Waals surface area contributed by atoms with Crippen molar-refractivity contribution in [2.75, 3.05) is 7.05 Å². The number of amides is 3. The number of nitrogens with zero attached hydrogens (tertiary/aromatic N) is 2. The zero-order valence-electron chi connectivity index (χ0n) is 20.4. The van der Waals surface area contributed by atoms with Gasteiger partial charge in [0.15, 0.2) is 5.52 Å². The van der Waals surface area contributed by atoms with Crippen molar-refractivity contribution in [3.8, 4) is 0 Å². The fourth-order valence-corrected chi connectivity index (χ4v) is 4.97. The van der Waals surface area contributed by atoms with Gasteiger partial charge in [-0.2, -0.15) is 4.72 Å². The molecule has 3 amide bonds. The number of rotatable bonds is 10. The van der Waals surface area contributed by atoms with E-state index in [0.29, 0.717) is 0 Å². The first-order valence-electron chi connectivity index (χ1n) is 10.9. The van der Waals surface area contributed by atoms with Crippen LogP contribution in [-0.4, -0.2) is 60.8 Å². The van der Waals surface area contributed by atoms with Gasteiger partial charge in [-0.1, -0.05) is 40.7 Å². The van der Waals surface area contributed by atoms with E-state index in [1.54, 1.807) is 34.6 Å². The van der Waals surface area contributed by atoms with Crippen LogP contribution in [0.4, 0.5) is 0 Å². The molecule has 194 valence electrons. The van der Waals surface area contributed by atoms with Crippen molar-refractivity contribution in [1.82, 2.24) is 31.1 Å². The summed E-state index contributed by atoms with van der Waals surface area (Å²) in [5.74, 6) is -3.77. The first kappa shape index (κ1) is 28.1. The van der Waals surface area contributed by atoms with E-state index in [1.165, 1.54) is 30.7 Å². The molecule has 0 aliphatic heterocycles. The number of likely N-dealkylation sites (N-methyl/N-ethyl adjacent to an activating group) is 1. The van der Waals surface area contributed by atoms with E-state index in [2.05, 4.69) is 30.3 Å². The van der Waals surface area contributed by atoms with Gasteiger partial charge in [-0.05, 0) is 40.2 Å². The van der Waals surface area contributed by atoms with Crippen molar-refractivity contribution in [3.05, 3.63) is 18.2 Å². The second-order valence-corrected chi connectivity index (χ2v) is 11.3. The van der Waals surface area contributed by atoms with Crippen LogP contribution in [0.1, 0.15) is 41.0 Å². The number of benzene rings is 1. The summed E-state index contributed by atoms with van der Waals surface area (Å²) in [6.45, 7) is 8.81. The van der Waals surface area contributed by atoms with E-state index in [9.17, 15) is 28.0 Å². The number of carbonyl (C=O) groups excluding carboxylic acids is 3. The van der Waals surface area contributed by atoms with Crippen molar-refractivity contribution in [1.29, 1.82) is 0 Å². The summed E-state index contributed by atoms with van der Waals surface area (Å²) in [5.41, 5.74) is 0.837. The Hall–Kier alpha value is -3.10. The molecule has 14 heteroatoms. The van der Waals surface area contributed by atoms with Crippen LogP contribution in [0, 0.1) is 17.3 Å². The van der Waals surface area contributed by atoms with Gasteiger partial charge in [0.1, 0.15) is 22.5 Å². The van der Waals surface area contributed by atoms with Gasteiger partial charge >= 0.3 is 0 Å². The fourth-order valence-electron chi connectivity index (χ4n) is 3.59. The second kappa shape index (κ2) is 11.1. The van der Waals surface area contributed by atoms with Crippen LogP contribution in [0.3, 0.4) is 0 Å². The van der Waals surface area contributed by atoms with Crippen molar-refractivity contribution in [2.24, 2.45) is 17.3 Å². The highest BCUT2D eigenvalue weighted by Crippen LogP contribution is 2.25. The summed E-state index contributed by atoms with van der Waals surface area (Å²) in [5, 5.41) is 21.7. The molecule has 0 bridgehead atoms. The quantitative estimate of drug-likeness (QED) is 0.220. The van der Waals surface area contributed by atoms with E-state index in [1.807, 2.05) is 0 Å². The molecule has 2 aromatic rings. The van der Waals surface area contributed by atoms with Gasteiger partial charge in [-0.15, -0.1) is 0 Å². The number of hydroxylamine groups is 1. The van der Waals surface area contributed by atoms with E-state index in [4.69, 9.17) is 0 Å². The van der Waals surface area contributed by atoms with Crippen LogP contribution in [0.5, 0.6) is 0 Å². The minimum Gasteiger partial charge on any atom is -0.357 e. The fraction of sp³-hybridized carbons (Fsp3) is 0.571. The number of carbonyl (C=O) groups is 3. The topological polar surface area (TPSA) is 193 Å². The Kier molecular flexibility index (Phi) is 8.92. The maximum atomic E-state index is 13.4. The normalized spacial score (nSPS) is 14.9. The number of fused-ring (bicyclic) bond motifs is 1. The SMILES string of the molecule is CNC(=O)[C@@H](NC(=O)[C@H](CC(C)C)[C@H](NS(=O)(=O)c1cccc2nonc12)C(=O)NO)C(C)(C)C. The molecule has 0 aliphatic carbocycles. The first-order valence-corrected chi connectivity index (χ1v) is 12.4. The second-order valence-electron chi connectivity index (χ2n) is 9.62. The monoisotopic (exact) mass is 512 g/mol. The largest absolute Gasteiger partial charge is 0.357 e. The zero-order chi connectivity index (χ0) is 26.6. The van der Waals surface area contributed by atoms with Crippen molar-refractivity contribution in [2.45, 2.75) is 58.0 Å². The highest BCUT2D eigenvalue weighted by Gasteiger charge is 2.41. The van der Waals surface area contributed by atoms with Crippen LogP contribution in [0.15, 0.2) is 27.7 Å². The lowest BCUT2D eigenvalue weighted by molar-refractivity contribution is -0.139. The summed E-state index contributed by atoms with van der Waals surface area (Å²) >= 11 is 0.